The SMILES string of the molecule is CNC(=O)CNCc1cccnn1. The van der Waals surface area contributed by atoms with Gasteiger partial charge in [0, 0.05) is 19.8 Å². The van der Waals surface area contributed by atoms with Gasteiger partial charge >= 0.3 is 0 Å². The molecule has 0 spiro atoms. The van der Waals surface area contributed by atoms with Crippen molar-refractivity contribution in [2.24, 2.45) is 0 Å². The number of likely N-dealkylation sites (N-methyl/N-ethyl adjacent to an activating group) is 1. The molecule has 2 N–H and O–H groups in total. The molecule has 5 heteroatoms. The van der Waals surface area contributed by atoms with E-state index in [1.165, 1.54) is 0 Å². The van der Waals surface area contributed by atoms with Crippen molar-refractivity contribution in [3.8, 4) is 0 Å². The standard InChI is InChI=1S/C8H12N4O/c1-9-8(13)6-10-5-7-3-2-4-11-12-7/h2-4,10H,5-6H2,1H3,(H,9,13). The van der Waals surface area contributed by atoms with Crippen LogP contribution in [-0.4, -0.2) is 29.7 Å². The molecule has 13 heavy (non-hydrogen) atoms. The molecule has 0 bridgehead atoms. The molecule has 0 saturated carbocycles. The summed E-state index contributed by atoms with van der Waals surface area (Å²) in [5.74, 6) is -0.0381. The number of aromatic nitrogens is 2. The highest BCUT2D eigenvalue weighted by Gasteiger charge is 1.97. The summed E-state index contributed by atoms with van der Waals surface area (Å²) in [6.07, 6.45) is 1.61. The van der Waals surface area contributed by atoms with Crippen LogP contribution in [0.25, 0.3) is 0 Å². The second-order valence-corrected chi connectivity index (χ2v) is 2.49. The fourth-order valence-corrected chi connectivity index (χ4v) is 0.820. The van der Waals surface area contributed by atoms with Crippen molar-refractivity contribution >= 4 is 5.91 Å². The Bertz CT molecular complexity index is 262. The van der Waals surface area contributed by atoms with Crippen molar-refractivity contribution < 1.29 is 4.79 Å². The Morgan fingerprint density at radius 2 is 2.46 bits per heavy atom. The van der Waals surface area contributed by atoms with E-state index in [1.807, 2.05) is 12.1 Å². The number of hydrogen-bond donors (Lipinski definition) is 2. The average Bonchev–Trinajstić information content (AvgIpc) is 2.19. The van der Waals surface area contributed by atoms with Crippen LogP contribution >= 0.6 is 0 Å². The van der Waals surface area contributed by atoms with E-state index in [0.717, 1.165) is 5.69 Å². The minimum absolute atomic E-state index is 0.0381. The average molecular weight is 180 g/mol. The van der Waals surface area contributed by atoms with Crippen molar-refractivity contribution in [3.63, 3.8) is 0 Å². The Balaban J connectivity index is 2.24. The Labute approximate surface area is 76.6 Å². The summed E-state index contributed by atoms with van der Waals surface area (Å²) in [6, 6.07) is 3.66. The van der Waals surface area contributed by atoms with Crippen LogP contribution in [0.2, 0.25) is 0 Å². The van der Waals surface area contributed by atoms with Gasteiger partial charge in [-0.1, -0.05) is 0 Å². The number of nitrogens with zero attached hydrogens (tertiary/aromatic N) is 2. The van der Waals surface area contributed by atoms with Crippen molar-refractivity contribution in [1.82, 2.24) is 20.8 Å². The number of hydrogen-bond acceptors (Lipinski definition) is 4. The minimum Gasteiger partial charge on any atom is -0.358 e. The van der Waals surface area contributed by atoms with E-state index in [1.54, 1.807) is 13.2 Å². The van der Waals surface area contributed by atoms with Crippen LogP contribution in [0.3, 0.4) is 0 Å². The highest BCUT2D eigenvalue weighted by molar-refractivity contribution is 5.77. The number of nitrogens with one attached hydrogen (secondary N) is 2. The minimum atomic E-state index is -0.0381. The quantitative estimate of drug-likeness (QED) is 0.643. The van der Waals surface area contributed by atoms with Crippen LogP contribution in [0.1, 0.15) is 5.69 Å². The molecule has 1 aromatic heterocycles. The zero-order valence-corrected chi connectivity index (χ0v) is 7.45. The molecule has 1 aromatic rings. The first kappa shape index (κ1) is 9.60. The molecule has 5 nitrogen and oxygen atoms in total. The molecule has 0 aliphatic rings. The van der Waals surface area contributed by atoms with Crippen LogP contribution in [0.15, 0.2) is 18.3 Å². The van der Waals surface area contributed by atoms with Gasteiger partial charge in [0.25, 0.3) is 0 Å². The van der Waals surface area contributed by atoms with Crippen LogP contribution in [0.4, 0.5) is 0 Å². The van der Waals surface area contributed by atoms with Gasteiger partial charge < -0.3 is 10.6 Å². The van der Waals surface area contributed by atoms with E-state index >= 15 is 0 Å². The summed E-state index contributed by atoms with van der Waals surface area (Å²) in [5, 5.41) is 13.0. The second kappa shape index (κ2) is 5.21. The van der Waals surface area contributed by atoms with E-state index < -0.39 is 0 Å². The molecule has 0 aliphatic heterocycles. The van der Waals surface area contributed by atoms with Gasteiger partial charge in [0.05, 0.1) is 12.2 Å². The summed E-state index contributed by atoms with van der Waals surface area (Å²) in [7, 11) is 1.60. The lowest BCUT2D eigenvalue weighted by atomic mass is 10.4. The molecular formula is C8H12N4O. The first-order chi connectivity index (χ1) is 6.33. The first-order valence-corrected chi connectivity index (χ1v) is 4.01. The zero-order valence-electron chi connectivity index (χ0n) is 7.45. The lowest BCUT2D eigenvalue weighted by Crippen LogP contribution is -2.31. The number of rotatable bonds is 4. The fraction of sp³-hybridized carbons (Fsp3) is 0.375. The van der Waals surface area contributed by atoms with Gasteiger partial charge in [-0.2, -0.15) is 10.2 Å². The topological polar surface area (TPSA) is 66.9 Å². The zero-order chi connectivity index (χ0) is 9.52. The van der Waals surface area contributed by atoms with Gasteiger partial charge in [-0.05, 0) is 12.1 Å². The molecule has 0 saturated heterocycles. The van der Waals surface area contributed by atoms with Crippen molar-refractivity contribution in [2.75, 3.05) is 13.6 Å². The van der Waals surface area contributed by atoms with Crippen LogP contribution in [0.5, 0.6) is 0 Å². The van der Waals surface area contributed by atoms with E-state index in [0.29, 0.717) is 13.1 Å². The molecule has 1 rings (SSSR count). The fourth-order valence-electron chi connectivity index (χ4n) is 0.820. The van der Waals surface area contributed by atoms with Crippen LogP contribution in [-0.2, 0) is 11.3 Å². The van der Waals surface area contributed by atoms with E-state index in [9.17, 15) is 4.79 Å². The lowest BCUT2D eigenvalue weighted by molar-refractivity contribution is -0.119. The third kappa shape index (κ3) is 3.62. The van der Waals surface area contributed by atoms with E-state index in [4.69, 9.17) is 0 Å². The third-order valence-electron chi connectivity index (χ3n) is 1.50. The molecule has 0 fully saturated rings. The molecule has 0 radical (unpaired) electrons. The summed E-state index contributed by atoms with van der Waals surface area (Å²) in [5.41, 5.74) is 0.825. The maximum atomic E-state index is 10.8. The monoisotopic (exact) mass is 180 g/mol. The highest BCUT2D eigenvalue weighted by atomic mass is 16.1. The molecule has 0 unspecified atom stereocenters. The summed E-state index contributed by atoms with van der Waals surface area (Å²) >= 11 is 0. The second-order valence-electron chi connectivity index (χ2n) is 2.49. The summed E-state index contributed by atoms with van der Waals surface area (Å²) < 4.78 is 0. The molecule has 70 valence electrons. The normalized spacial score (nSPS) is 9.62. The van der Waals surface area contributed by atoms with Gasteiger partial charge in [-0.25, -0.2) is 0 Å². The lowest BCUT2D eigenvalue weighted by Gasteiger charge is -2.01. The van der Waals surface area contributed by atoms with Gasteiger partial charge in [0.15, 0.2) is 0 Å². The van der Waals surface area contributed by atoms with Crippen LogP contribution < -0.4 is 10.6 Å². The third-order valence-corrected chi connectivity index (χ3v) is 1.50. The molecule has 0 aromatic carbocycles. The van der Waals surface area contributed by atoms with E-state index in [2.05, 4.69) is 20.8 Å². The van der Waals surface area contributed by atoms with Gasteiger partial charge in [0.2, 0.25) is 5.91 Å². The molecule has 0 aliphatic carbocycles. The molecule has 1 heterocycles. The van der Waals surface area contributed by atoms with Crippen molar-refractivity contribution in [3.05, 3.63) is 24.0 Å². The summed E-state index contributed by atoms with van der Waals surface area (Å²) in [4.78, 5) is 10.8. The Hall–Kier alpha value is -1.49. The largest absolute Gasteiger partial charge is 0.358 e. The molecular weight excluding hydrogens is 168 g/mol. The van der Waals surface area contributed by atoms with Gasteiger partial charge in [-0.3, -0.25) is 4.79 Å². The number of carbonyl (C=O) groups is 1. The van der Waals surface area contributed by atoms with Crippen molar-refractivity contribution in [1.29, 1.82) is 0 Å². The number of amides is 1. The Kier molecular flexibility index (Phi) is 3.84. The van der Waals surface area contributed by atoms with Gasteiger partial charge in [-0.15, -0.1) is 0 Å². The van der Waals surface area contributed by atoms with Crippen LogP contribution in [0, 0.1) is 0 Å². The molecule has 1 amide bonds. The Morgan fingerprint density at radius 3 is 3.08 bits per heavy atom. The van der Waals surface area contributed by atoms with Gasteiger partial charge in [0.1, 0.15) is 0 Å². The first-order valence-electron chi connectivity index (χ1n) is 4.01. The summed E-state index contributed by atoms with van der Waals surface area (Å²) in [6.45, 7) is 0.855. The smallest absolute Gasteiger partial charge is 0.233 e. The highest BCUT2D eigenvalue weighted by Crippen LogP contribution is 1.88. The van der Waals surface area contributed by atoms with E-state index in [-0.39, 0.29) is 5.91 Å². The van der Waals surface area contributed by atoms with Crippen molar-refractivity contribution in [2.45, 2.75) is 6.54 Å². The molecule has 0 atom stereocenters. The maximum Gasteiger partial charge on any atom is 0.233 e. The Morgan fingerprint density at radius 1 is 1.62 bits per heavy atom. The predicted octanol–water partition coefficient (Wildman–Crippen LogP) is -0.688. The predicted molar refractivity (Wildman–Crippen MR) is 47.8 cm³/mol. The number of carbonyl (C=O) groups excluding carboxylic acids is 1. The maximum absolute atomic E-state index is 10.8.